The number of pyridine rings is 1. The second-order valence-electron chi connectivity index (χ2n) is 3.60. The Hall–Kier alpha value is -2.17. The Labute approximate surface area is 98.5 Å². The van der Waals surface area contributed by atoms with E-state index in [1.54, 1.807) is 13.1 Å². The highest BCUT2D eigenvalue weighted by molar-refractivity contribution is 5.88. The lowest BCUT2D eigenvalue weighted by atomic mass is 10.2. The first kappa shape index (κ1) is 11.3. The molecule has 2 aromatic rings. The minimum Gasteiger partial charge on any atom is -0.464 e. The molecule has 2 aromatic heterocycles. The molecule has 2 rings (SSSR count). The van der Waals surface area contributed by atoms with Gasteiger partial charge in [-0.25, -0.2) is 9.78 Å². The molecule has 0 aliphatic heterocycles. The number of esters is 1. The van der Waals surface area contributed by atoms with E-state index in [9.17, 15) is 4.79 Å². The van der Waals surface area contributed by atoms with Gasteiger partial charge >= 0.3 is 5.97 Å². The van der Waals surface area contributed by atoms with Gasteiger partial charge in [-0.2, -0.15) is 0 Å². The molecule has 88 valence electrons. The van der Waals surface area contributed by atoms with Crippen LogP contribution in [0.15, 0.2) is 22.7 Å². The topological polar surface area (TPSA) is 65.2 Å². The highest BCUT2D eigenvalue weighted by Crippen LogP contribution is 2.21. The van der Waals surface area contributed by atoms with E-state index in [0.717, 1.165) is 11.3 Å². The predicted octanol–water partition coefficient (Wildman–Crippen LogP) is 2.14. The first-order valence-corrected chi connectivity index (χ1v) is 5.10. The van der Waals surface area contributed by atoms with Crippen LogP contribution in [0.25, 0.3) is 11.5 Å². The molecule has 0 N–H and O–H groups in total. The molecule has 0 atom stereocenters. The molecule has 0 saturated heterocycles. The summed E-state index contributed by atoms with van der Waals surface area (Å²) in [4.78, 5) is 19.6. The van der Waals surface area contributed by atoms with Gasteiger partial charge in [0.25, 0.3) is 0 Å². The summed E-state index contributed by atoms with van der Waals surface area (Å²) in [6.07, 6.45) is 1.65. The van der Waals surface area contributed by atoms with Crippen LogP contribution in [0, 0.1) is 13.8 Å². The van der Waals surface area contributed by atoms with Gasteiger partial charge in [-0.3, -0.25) is 4.98 Å². The zero-order valence-electron chi connectivity index (χ0n) is 9.85. The van der Waals surface area contributed by atoms with Crippen LogP contribution in [0.2, 0.25) is 0 Å². The van der Waals surface area contributed by atoms with Crippen LogP contribution >= 0.6 is 0 Å². The summed E-state index contributed by atoms with van der Waals surface area (Å²) < 4.78 is 10.0. The van der Waals surface area contributed by atoms with E-state index in [1.807, 2.05) is 19.1 Å². The standard InChI is InChI=1S/C12H12N2O3/c1-7-4-5-9(6-13-7)11-14-10(8(2)17-11)12(15)16-3/h4-6H,1-3H3. The van der Waals surface area contributed by atoms with E-state index >= 15 is 0 Å². The van der Waals surface area contributed by atoms with Crippen LogP contribution in [-0.2, 0) is 4.74 Å². The average molecular weight is 232 g/mol. The Morgan fingerprint density at radius 1 is 1.35 bits per heavy atom. The van der Waals surface area contributed by atoms with Gasteiger partial charge in [0.05, 0.1) is 12.7 Å². The molecule has 0 saturated carbocycles. The molecule has 0 spiro atoms. The highest BCUT2D eigenvalue weighted by atomic mass is 16.5. The number of aryl methyl sites for hydroxylation is 2. The summed E-state index contributed by atoms with van der Waals surface area (Å²) in [5, 5.41) is 0. The molecule has 5 nitrogen and oxygen atoms in total. The zero-order valence-corrected chi connectivity index (χ0v) is 9.85. The summed E-state index contributed by atoms with van der Waals surface area (Å²) in [7, 11) is 1.31. The van der Waals surface area contributed by atoms with Crippen molar-refractivity contribution in [3.63, 3.8) is 0 Å². The monoisotopic (exact) mass is 232 g/mol. The van der Waals surface area contributed by atoms with Crippen molar-refractivity contribution in [3.8, 4) is 11.5 Å². The molecule has 0 fully saturated rings. The van der Waals surface area contributed by atoms with Crippen LogP contribution in [0.5, 0.6) is 0 Å². The lowest BCUT2D eigenvalue weighted by Crippen LogP contribution is -2.03. The third-order valence-electron chi connectivity index (χ3n) is 2.33. The van der Waals surface area contributed by atoms with Crippen molar-refractivity contribution >= 4 is 5.97 Å². The smallest absolute Gasteiger partial charge is 0.360 e. The number of aromatic nitrogens is 2. The summed E-state index contributed by atoms with van der Waals surface area (Å²) in [6, 6.07) is 3.70. The molecule has 0 unspecified atom stereocenters. The van der Waals surface area contributed by atoms with Gasteiger partial charge in [-0.1, -0.05) is 0 Å². The SMILES string of the molecule is COC(=O)c1nc(-c2ccc(C)nc2)oc1C. The number of carbonyl (C=O) groups is 1. The first-order chi connectivity index (χ1) is 8.11. The third-order valence-corrected chi connectivity index (χ3v) is 2.33. The molecule has 0 aliphatic rings. The van der Waals surface area contributed by atoms with Gasteiger partial charge in [0.2, 0.25) is 5.89 Å². The molecule has 5 heteroatoms. The number of rotatable bonds is 2. The van der Waals surface area contributed by atoms with Gasteiger partial charge in [0.1, 0.15) is 5.76 Å². The lowest BCUT2D eigenvalue weighted by Gasteiger charge is -1.94. The van der Waals surface area contributed by atoms with Gasteiger partial charge in [0, 0.05) is 11.9 Å². The maximum atomic E-state index is 11.4. The van der Waals surface area contributed by atoms with Crippen molar-refractivity contribution in [1.29, 1.82) is 0 Å². The Kier molecular flexibility index (Phi) is 2.91. The molecule has 0 radical (unpaired) electrons. The van der Waals surface area contributed by atoms with Crippen LogP contribution < -0.4 is 0 Å². The molecule has 0 aliphatic carbocycles. The molecule has 17 heavy (non-hydrogen) atoms. The third kappa shape index (κ3) is 2.18. The van der Waals surface area contributed by atoms with Crippen molar-refractivity contribution < 1.29 is 13.9 Å². The average Bonchev–Trinajstić information content (AvgIpc) is 2.71. The molecular formula is C12H12N2O3. The number of methoxy groups -OCH3 is 1. The van der Waals surface area contributed by atoms with E-state index in [4.69, 9.17) is 4.42 Å². The Morgan fingerprint density at radius 2 is 2.12 bits per heavy atom. The first-order valence-electron chi connectivity index (χ1n) is 5.10. The van der Waals surface area contributed by atoms with E-state index in [0.29, 0.717) is 11.7 Å². The van der Waals surface area contributed by atoms with Gasteiger partial charge in [-0.15, -0.1) is 0 Å². The van der Waals surface area contributed by atoms with Gasteiger partial charge in [0.15, 0.2) is 5.69 Å². The fraction of sp³-hybridized carbons (Fsp3) is 0.250. The molecule has 2 heterocycles. The van der Waals surface area contributed by atoms with Crippen LogP contribution in [-0.4, -0.2) is 23.0 Å². The van der Waals surface area contributed by atoms with Crippen LogP contribution in [0.3, 0.4) is 0 Å². The molecular weight excluding hydrogens is 220 g/mol. The van der Waals surface area contributed by atoms with Crippen LogP contribution in [0.1, 0.15) is 21.9 Å². The second kappa shape index (κ2) is 4.37. The van der Waals surface area contributed by atoms with E-state index in [1.165, 1.54) is 7.11 Å². The van der Waals surface area contributed by atoms with Gasteiger partial charge in [-0.05, 0) is 26.0 Å². The fourth-order valence-electron chi connectivity index (χ4n) is 1.40. The molecule has 0 amide bonds. The lowest BCUT2D eigenvalue weighted by molar-refractivity contribution is 0.0593. The Morgan fingerprint density at radius 3 is 2.71 bits per heavy atom. The zero-order chi connectivity index (χ0) is 12.4. The van der Waals surface area contributed by atoms with E-state index in [-0.39, 0.29) is 5.69 Å². The minimum absolute atomic E-state index is 0.197. The Bertz CT molecular complexity index is 543. The van der Waals surface area contributed by atoms with Crippen molar-refractivity contribution in [1.82, 2.24) is 9.97 Å². The summed E-state index contributed by atoms with van der Waals surface area (Å²) >= 11 is 0. The van der Waals surface area contributed by atoms with Crippen LogP contribution in [0.4, 0.5) is 0 Å². The number of nitrogens with zero attached hydrogens (tertiary/aromatic N) is 2. The number of hydrogen-bond acceptors (Lipinski definition) is 5. The largest absolute Gasteiger partial charge is 0.464 e. The van der Waals surface area contributed by atoms with Gasteiger partial charge < -0.3 is 9.15 Å². The maximum absolute atomic E-state index is 11.4. The number of hydrogen-bond donors (Lipinski definition) is 0. The fourth-order valence-corrected chi connectivity index (χ4v) is 1.40. The van der Waals surface area contributed by atoms with Crippen molar-refractivity contribution in [3.05, 3.63) is 35.5 Å². The second-order valence-corrected chi connectivity index (χ2v) is 3.60. The number of oxazole rings is 1. The maximum Gasteiger partial charge on any atom is 0.360 e. The van der Waals surface area contributed by atoms with E-state index in [2.05, 4.69) is 14.7 Å². The normalized spacial score (nSPS) is 10.3. The number of ether oxygens (including phenoxy) is 1. The Balaban J connectivity index is 2.41. The molecule has 0 bridgehead atoms. The minimum atomic E-state index is -0.502. The van der Waals surface area contributed by atoms with Crippen molar-refractivity contribution in [2.45, 2.75) is 13.8 Å². The highest BCUT2D eigenvalue weighted by Gasteiger charge is 2.18. The molecule has 0 aromatic carbocycles. The van der Waals surface area contributed by atoms with Crippen molar-refractivity contribution in [2.75, 3.05) is 7.11 Å². The number of carbonyl (C=O) groups excluding carboxylic acids is 1. The van der Waals surface area contributed by atoms with Crippen molar-refractivity contribution in [2.24, 2.45) is 0 Å². The summed E-state index contributed by atoms with van der Waals surface area (Å²) in [5.41, 5.74) is 1.84. The predicted molar refractivity (Wildman–Crippen MR) is 60.5 cm³/mol. The summed E-state index contributed by atoms with van der Waals surface area (Å²) in [5.74, 6) is 0.306. The quantitative estimate of drug-likeness (QED) is 0.742. The van der Waals surface area contributed by atoms with E-state index < -0.39 is 5.97 Å². The summed E-state index contributed by atoms with van der Waals surface area (Å²) in [6.45, 7) is 3.56.